The summed E-state index contributed by atoms with van der Waals surface area (Å²) >= 11 is 0. The predicted octanol–water partition coefficient (Wildman–Crippen LogP) is 3.74. The smallest absolute Gasteiger partial charge is 0.424 e. The van der Waals surface area contributed by atoms with E-state index in [0.717, 1.165) is 0 Å². The Kier molecular flexibility index (Phi) is 5.69. The fraction of sp³-hybridized carbons (Fsp3) is 0.130. The van der Waals surface area contributed by atoms with Crippen molar-refractivity contribution >= 4 is 33.7 Å². The Bertz CT molecular complexity index is 1380. The van der Waals surface area contributed by atoms with E-state index in [0.29, 0.717) is 27.4 Å². The maximum Gasteiger partial charge on any atom is 0.573 e. The van der Waals surface area contributed by atoms with E-state index >= 15 is 0 Å². The van der Waals surface area contributed by atoms with Crippen LogP contribution in [0.15, 0.2) is 60.7 Å². The third-order valence-electron chi connectivity index (χ3n) is 4.97. The maximum atomic E-state index is 12.6. The van der Waals surface area contributed by atoms with Crippen LogP contribution in [0.5, 0.6) is 11.5 Å². The summed E-state index contributed by atoms with van der Waals surface area (Å²) in [6.07, 6.45) is -4.83. The van der Waals surface area contributed by atoms with Crippen molar-refractivity contribution in [2.45, 2.75) is 12.9 Å². The van der Waals surface area contributed by atoms with Crippen LogP contribution < -0.4 is 15.2 Å². The summed E-state index contributed by atoms with van der Waals surface area (Å²) in [6.45, 7) is -0.724. The monoisotopic (exact) mass is 458 g/mol. The molecule has 7 nitrogen and oxygen atoms in total. The average Bonchev–Trinajstić information content (AvgIpc) is 3.07. The second-order valence-corrected chi connectivity index (χ2v) is 7.13. The number of rotatable bonds is 6. The molecule has 0 spiro atoms. The molecule has 3 aromatic carbocycles. The van der Waals surface area contributed by atoms with E-state index < -0.39 is 24.8 Å². The third kappa shape index (κ3) is 4.46. The largest absolute Gasteiger partial charge is 0.573 e. The maximum absolute atomic E-state index is 12.6. The number of fused-ring (bicyclic) bond motifs is 3. The zero-order valence-corrected chi connectivity index (χ0v) is 16.9. The third-order valence-corrected chi connectivity index (χ3v) is 4.97. The quantitative estimate of drug-likeness (QED) is 0.339. The van der Waals surface area contributed by atoms with Crippen molar-refractivity contribution in [1.82, 2.24) is 4.57 Å². The summed E-state index contributed by atoms with van der Waals surface area (Å²) in [4.78, 5) is 23.9. The van der Waals surface area contributed by atoms with E-state index in [1.54, 1.807) is 34.9 Å². The van der Waals surface area contributed by atoms with Crippen LogP contribution in [0.3, 0.4) is 0 Å². The van der Waals surface area contributed by atoms with E-state index in [-0.39, 0.29) is 23.6 Å². The number of aliphatic hydroxyl groups is 1. The second-order valence-electron chi connectivity index (χ2n) is 7.13. The number of nitrogens with two attached hydrogens (primary N) is 1. The van der Waals surface area contributed by atoms with Crippen LogP contribution >= 0.6 is 0 Å². The molecule has 0 fully saturated rings. The van der Waals surface area contributed by atoms with Crippen molar-refractivity contribution in [2.24, 2.45) is 5.73 Å². The van der Waals surface area contributed by atoms with Crippen molar-refractivity contribution in [2.75, 3.05) is 6.61 Å². The van der Waals surface area contributed by atoms with Crippen molar-refractivity contribution in [3.05, 3.63) is 71.8 Å². The SMILES string of the molecule is NC(=O)c1cccc2c1c1c(OC(=O)CO)cccc1n2Cc1cccc(OC(F)(F)F)c1. The lowest BCUT2D eigenvalue weighted by Crippen LogP contribution is -2.17. The van der Waals surface area contributed by atoms with E-state index in [1.165, 1.54) is 30.3 Å². The molecule has 33 heavy (non-hydrogen) atoms. The van der Waals surface area contributed by atoms with Gasteiger partial charge in [0.1, 0.15) is 18.1 Å². The van der Waals surface area contributed by atoms with Crippen LogP contribution in [0, 0.1) is 0 Å². The number of ether oxygens (including phenoxy) is 2. The molecule has 0 unspecified atom stereocenters. The van der Waals surface area contributed by atoms with E-state index in [4.69, 9.17) is 15.6 Å². The molecule has 0 bridgehead atoms. The van der Waals surface area contributed by atoms with Crippen LogP contribution in [-0.4, -0.2) is 34.5 Å². The molecule has 0 aliphatic rings. The number of primary amides is 1. The van der Waals surface area contributed by atoms with Gasteiger partial charge in [-0.25, -0.2) is 4.79 Å². The number of benzene rings is 3. The number of aromatic nitrogens is 1. The van der Waals surface area contributed by atoms with Gasteiger partial charge in [-0.2, -0.15) is 0 Å². The summed E-state index contributed by atoms with van der Waals surface area (Å²) in [6, 6.07) is 15.2. The molecule has 10 heteroatoms. The number of hydrogen-bond donors (Lipinski definition) is 2. The molecule has 1 heterocycles. The van der Waals surface area contributed by atoms with Gasteiger partial charge in [0.2, 0.25) is 5.91 Å². The van der Waals surface area contributed by atoms with Gasteiger partial charge in [-0.05, 0) is 42.0 Å². The standard InChI is InChI=1S/C23H17F3N2O5/c24-23(25,26)33-14-5-1-4-13(10-14)11-28-16-7-2-6-15(22(27)31)20(16)21-17(28)8-3-9-18(21)32-19(30)12-29/h1-10,29H,11-12H2,(H2,27,31). The summed E-state index contributed by atoms with van der Waals surface area (Å²) in [7, 11) is 0. The summed E-state index contributed by atoms with van der Waals surface area (Å²) in [5, 5.41) is 9.91. The van der Waals surface area contributed by atoms with E-state index in [1.807, 2.05) is 0 Å². The summed E-state index contributed by atoms with van der Waals surface area (Å²) in [5.74, 6) is -1.85. The zero-order chi connectivity index (χ0) is 23.8. The fourth-order valence-corrected chi connectivity index (χ4v) is 3.79. The Hall–Kier alpha value is -4.05. The Morgan fingerprint density at radius 2 is 1.64 bits per heavy atom. The number of carbonyl (C=O) groups is 2. The second kappa shape index (κ2) is 8.47. The first kappa shape index (κ1) is 22.2. The van der Waals surface area contributed by atoms with Crippen molar-refractivity contribution in [3.63, 3.8) is 0 Å². The van der Waals surface area contributed by atoms with Crippen molar-refractivity contribution in [3.8, 4) is 11.5 Å². The molecule has 0 saturated heterocycles. The zero-order valence-electron chi connectivity index (χ0n) is 16.9. The van der Waals surface area contributed by atoms with Gasteiger partial charge in [0.05, 0.1) is 16.4 Å². The lowest BCUT2D eigenvalue weighted by molar-refractivity contribution is -0.274. The average molecular weight is 458 g/mol. The lowest BCUT2D eigenvalue weighted by Gasteiger charge is -2.12. The van der Waals surface area contributed by atoms with Crippen LogP contribution in [0.2, 0.25) is 0 Å². The first-order valence-corrected chi connectivity index (χ1v) is 9.68. The first-order chi connectivity index (χ1) is 15.7. The van der Waals surface area contributed by atoms with Gasteiger partial charge in [0, 0.05) is 17.5 Å². The Morgan fingerprint density at radius 1 is 0.970 bits per heavy atom. The number of esters is 1. The molecular weight excluding hydrogens is 441 g/mol. The van der Waals surface area contributed by atoms with Gasteiger partial charge in [-0.1, -0.05) is 24.3 Å². The highest BCUT2D eigenvalue weighted by Gasteiger charge is 2.31. The number of carbonyl (C=O) groups excluding carboxylic acids is 2. The molecule has 0 radical (unpaired) electrons. The molecule has 170 valence electrons. The highest BCUT2D eigenvalue weighted by Crippen LogP contribution is 2.38. The van der Waals surface area contributed by atoms with Crippen LogP contribution in [-0.2, 0) is 11.3 Å². The van der Waals surface area contributed by atoms with Gasteiger partial charge in [0.15, 0.2) is 0 Å². The van der Waals surface area contributed by atoms with E-state index in [2.05, 4.69) is 4.74 Å². The number of halogens is 3. The Labute approximate surface area is 184 Å². The van der Waals surface area contributed by atoms with Gasteiger partial charge >= 0.3 is 12.3 Å². The highest BCUT2D eigenvalue weighted by atomic mass is 19.4. The molecular formula is C23H17F3N2O5. The molecule has 0 atom stereocenters. The molecule has 1 amide bonds. The molecule has 0 saturated carbocycles. The Balaban J connectivity index is 1.93. The molecule has 0 aliphatic heterocycles. The number of aliphatic hydroxyl groups excluding tert-OH is 1. The summed E-state index contributed by atoms with van der Waals surface area (Å²) in [5.41, 5.74) is 7.34. The molecule has 3 N–H and O–H groups in total. The number of hydrogen-bond acceptors (Lipinski definition) is 5. The summed E-state index contributed by atoms with van der Waals surface area (Å²) < 4.78 is 48.9. The molecule has 1 aromatic heterocycles. The Morgan fingerprint density at radius 3 is 2.30 bits per heavy atom. The van der Waals surface area contributed by atoms with Crippen LogP contribution in [0.4, 0.5) is 13.2 Å². The van der Waals surface area contributed by atoms with Gasteiger partial charge in [-0.15, -0.1) is 13.2 Å². The van der Waals surface area contributed by atoms with Gasteiger partial charge in [0.25, 0.3) is 0 Å². The van der Waals surface area contributed by atoms with Crippen molar-refractivity contribution in [1.29, 1.82) is 0 Å². The molecule has 0 aliphatic carbocycles. The molecule has 4 aromatic rings. The minimum Gasteiger partial charge on any atom is -0.424 e. The first-order valence-electron chi connectivity index (χ1n) is 9.68. The number of amides is 1. The lowest BCUT2D eigenvalue weighted by atomic mass is 10.1. The number of alkyl halides is 3. The predicted molar refractivity (Wildman–Crippen MR) is 113 cm³/mol. The van der Waals surface area contributed by atoms with Crippen LogP contribution in [0.1, 0.15) is 15.9 Å². The van der Waals surface area contributed by atoms with E-state index in [9.17, 15) is 22.8 Å². The van der Waals surface area contributed by atoms with Gasteiger partial charge in [-0.3, -0.25) is 4.79 Å². The fourth-order valence-electron chi connectivity index (χ4n) is 3.79. The minimum atomic E-state index is -4.83. The molecule has 4 rings (SSSR count). The topological polar surface area (TPSA) is 104 Å². The van der Waals surface area contributed by atoms with Gasteiger partial charge < -0.3 is 24.9 Å². The highest BCUT2D eigenvalue weighted by molar-refractivity contribution is 6.20. The minimum absolute atomic E-state index is 0.109. The van der Waals surface area contributed by atoms with Crippen molar-refractivity contribution < 1.29 is 37.3 Å². The number of nitrogens with zero attached hydrogens (tertiary/aromatic N) is 1. The van der Waals surface area contributed by atoms with Crippen LogP contribution in [0.25, 0.3) is 21.8 Å². The normalized spacial score (nSPS) is 11.6.